The Morgan fingerprint density at radius 1 is 0.529 bits per heavy atom. The van der Waals surface area contributed by atoms with E-state index in [9.17, 15) is 0 Å². The third-order valence-corrected chi connectivity index (χ3v) is 10.5. The van der Waals surface area contributed by atoms with E-state index in [4.69, 9.17) is 4.99 Å². The molecule has 0 saturated heterocycles. The van der Waals surface area contributed by atoms with Crippen LogP contribution in [-0.4, -0.2) is 21.8 Å². The number of dihydropyridines is 1. The average molecular weight is 655 g/mol. The van der Waals surface area contributed by atoms with Gasteiger partial charge in [0.15, 0.2) is 0 Å². The largest absolute Gasteiger partial charge is 0.332 e. The summed E-state index contributed by atoms with van der Waals surface area (Å²) in [6.07, 6.45) is 9.02. The van der Waals surface area contributed by atoms with Gasteiger partial charge in [-0.25, -0.2) is 0 Å². The van der Waals surface area contributed by atoms with Crippen molar-refractivity contribution in [2.24, 2.45) is 4.99 Å². The summed E-state index contributed by atoms with van der Waals surface area (Å²) in [4.78, 5) is 11.9. The highest BCUT2D eigenvalue weighted by molar-refractivity contribution is 6.06. The van der Waals surface area contributed by atoms with Gasteiger partial charge in [0, 0.05) is 40.4 Å². The molecule has 0 N–H and O–H groups in total. The lowest BCUT2D eigenvalue weighted by Gasteiger charge is -2.28. The van der Waals surface area contributed by atoms with Crippen molar-refractivity contribution in [3.63, 3.8) is 0 Å². The summed E-state index contributed by atoms with van der Waals surface area (Å²) >= 11 is 0. The topological polar surface area (TPSA) is 33.4 Å². The first-order chi connectivity index (χ1) is 25.3. The Bertz CT molecular complexity index is 2540. The number of hydrogen-bond acceptors (Lipinski definition) is 3. The predicted octanol–water partition coefficient (Wildman–Crippen LogP) is 11.3. The lowest BCUT2D eigenvalue weighted by molar-refractivity contribution is 0.667. The quantitative estimate of drug-likeness (QED) is 0.179. The fourth-order valence-electron chi connectivity index (χ4n) is 7.96. The fourth-order valence-corrected chi connectivity index (χ4v) is 7.96. The number of nitrogens with zero attached hydrogens (tertiary/aromatic N) is 4. The van der Waals surface area contributed by atoms with E-state index in [-0.39, 0.29) is 12.1 Å². The lowest BCUT2D eigenvalue weighted by Crippen LogP contribution is -2.28. The first-order valence-electron chi connectivity index (χ1n) is 17.6. The van der Waals surface area contributed by atoms with E-state index in [0.717, 1.165) is 23.1 Å². The number of pyridine rings is 1. The Balaban J connectivity index is 0.833. The van der Waals surface area contributed by atoms with Crippen molar-refractivity contribution >= 4 is 39.5 Å². The molecule has 2 atom stereocenters. The smallest absolute Gasteiger partial charge is 0.101 e. The highest BCUT2D eigenvalue weighted by Gasteiger charge is 2.38. The van der Waals surface area contributed by atoms with Gasteiger partial charge in [0.2, 0.25) is 0 Å². The van der Waals surface area contributed by atoms with Gasteiger partial charge >= 0.3 is 0 Å². The van der Waals surface area contributed by atoms with Crippen molar-refractivity contribution in [3.05, 3.63) is 193 Å². The maximum absolute atomic E-state index is 4.80. The molecular weight excluding hydrogens is 621 g/mol. The zero-order valence-electron chi connectivity index (χ0n) is 28.0. The van der Waals surface area contributed by atoms with Gasteiger partial charge in [-0.05, 0) is 94.4 Å². The zero-order chi connectivity index (χ0) is 33.7. The molecule has 2 aliphatic rings. The summed E-state index contributed by atoms with van der Waals surface area (Å²) in [5.74, 6) is 0. The molecule has 0 radical (unpaired) electrons. The minimum atomic E-state index is 0.150. The van der Waals surface area contributed by atoms with Crippen LogP contribution in [0.5, 0.6) is 0 Å². The molecule has 4 heteroatoms. The van der Waals surface area contributed by atoms with Crippen LogP contribution >= 0.6 is 0 Å². The fraction of sp³-hybridized carbons (Fsp3) is 0.0638. The third kappa shape index (κ3) is 5.07. The van der Waals surface area contributed by atoms with Crippen LogP contribution in [0, 0.1) is 0 Å². The van der Waals surface area contributed by atoms with Crippen molar-refractivity contribution in [1.29, 1.82) is 0 Å². The third-order valence-electron chi connectivity index (χ3n) is 10.5. The predicted molar refractivity (Wildman–Crippen MR) is 211 cm³/mol. The van der Waals surface area contributed by atoms with Gasteiger partial charge in [0.05, 0.1) is 22.6 Å². The van der Waals surface area contributed by atoms with Crippen LogP contribution in [0.3, 0.4) is 0 Å². The summed E-state index contributed by atoms with van der Waals surface area (Å²) in [5.41, 5.74) is 15.7. The summed E-state index contributed by atoms with van der Waals surface area (Å²) in [6.45, 7) is 0. The van der Waals surface area contributed by atoms with Crippen LogP contribution in [0.1, 0.15) is 22.7 Å². The van der Waals surface area contributed by atoms with Gasteiger partial charge in [0.25, 0.3) is 0 Å². The van der Waals surface area contributed by atoms with Crippen LogP contribution in [0.25, 0.3) is 49.9 Å². The monoisotopic (exact) mass is 654 g/mol. The second-order valence-corrected chi connectivity index (χ2v) is 13.4. The minimum Gasteiger partial charge on any atom is -0.332 e. The first kappa shape index (κ1) is 29.4. The molecule has 2 unspecified atom stereocenters. The molecule has 51 heavy (non-hydrogen) atoms. The van der Waals surface area contributed by atoms with E-state index >= 15 is 0 Å². The second kappa shape index (κ2) is 12.1. The maximum Gasteiger partial charge on any atom is 0.101 e. The molecule has 0 bridgehead atoms. The van der Waals surface area contributed by atoms with Gasteiger partial charge in [0.1, 0.15) is 6.04 Å². The Labute approximate surface area is 297 Å². The molecule has 0 saturated carbocycles. The Hall–Kier alpha value is -6.52. The highest BCUT2D eigenvalue weighted by atomic mass is 15.2. The summed E-state index contributed by atoms with van der Waals surface area (Å²) in [7, 11) is 0. The molecule has 0 amide bonds. The van der Waals surface area contributed by atoms with Crippen LogP contribution in [-0.2, 0) is 6.42 Å². The maximum atomic E-state index is 4.80. The van der Waals surface area contributed by atoms with E-state index in [1.807, 2.05) is 18.5 Å². The molecule has 2 aromatic heterocycles. The Kier molecular flexibility index (Phi) is 6.98. The van der Waals surface area contributed by atoms with Crippen molar-refractivity contribution in [3.8, 4) is 27.9 Å². The number of anilines is 2. The van der Waals surface area contributed by atoms with Crippen LogP contribution in [0.4, 0.5) is 11.4 Å². The van der Waals surface area contributed by atoms with Crippen LogP contribution < -0.4 is 4.90 Å². The van der Waals surface area contributed by atoms with Crippen LogP contribution in [0.15, 0.2) is 181 Å². The van der Waals surface area contributed by atoms with Crippen molar-refractivity contribution in [1.82, 2.24) is 9.55 Å². The Morgan fingerprint density at radius 2 is 1.12 bits per heavy atom. The van der Waals surface area contributed by atoms with E-state index in [1.165, 1.54) is 61.2 Å². The van der Waals surface area contributed by atoms with E-state index < -0.39 is 0 Å². The molecule has 0 spiro atoms. The number of aromatic nitrogens is 2. The van der Waals surface area contributed by atoms with E-state index in [2.05, 4.69) is 178 Å². The molecule has 6 aromatic carbocycles. The Morgan fingerprint density at radius 3 is 1.82 bits per heavy atom. The van der Waals surface area contributed by atoms with Crippen molar-refractivity contribution in [2.75, 3.05) is 4.90 Å². The zero-order valence-corrected chi connectivity index (χ0v) is 28.0. The standard InChI is InChI=1S/C47H34N4/c1-3-9-42-40(7-1)46-44(11-5-29-48-46)50(42)38-25-21-36(22-26-38)34-17-13-32(14-18-34)31-33-15-19-35(20-16-33)37-23-27-39(28-24-37)51-43-10-4-2-8-41(43)47-45(51)12-6-30-49-47/h1-30,44,46H,31H2. The van der Waals surface area contributed by atoms with Crippen molar-refractivity contribution in [2.45, 2.75) is 18.5 Å². The molecule has 4 heterocycles. The molecule has 2 aliphatic heterocycles. The molecular formula is C47H34N4. The number of para-hydroxylation sites is 2. The SMILES string of the molecule is C1=CC2C(N=C1)c1ccccc1N2c1ccc(-c2ccc(Cc3ccc(-c4ccc(-n5c6ccccc6c6ncccc65)cc4)cc3)cc2)cc1. The lowest BCUT2D eigenvalue weighted by atomic mass is 9.98. The van der Waals surface area contributed by atoms with Crippen LogP contribution in [0.2, 0.25) is 0 Å². The molecule has 8 aromatic rings. The van der Waals surface area contributed by atoms with Gasteiger partial charge < -0.3 is 9.47 Å². The van der Waals surface area contributed by atoms with E-state index in [0.29, 0.717) is 0 Å². The molecule has 10 rings (SSSR count). The van der Waals surface area contributed by atoms with Gasteiger partial charge in [-0.2, -0.15) is 0 Å². The number of aliphatic imine (C=N–C) groups is 1. The number of fused-ring (bicyclic) bond motifs is 6. The van der Waals surface area contributed by atoms with Gasteiger partial charge in [-0.1, -0.05) is 115 Å². The number of hydrogen-bond donors (Lipinski definition) is 0. The van der Waals surface area contributed by atoms with E-state index in [1.54, 1.807) is 0 Å². The van der Waals surface area contributed by atoms with Crippen molar-refractivity contribution < 1.29 is 0 Å². The summed E-state index contributed by atoms with van der Waals surface area (Å²) in [6, 6.07) is 57.4. The first-order valence-corrected chi connectivity index (χ1v) is 17.6. The minimum absolute atomic E-state index is 0.150. The van der Waals surface area contributed by atoms with Gasteiger partial charge in [-0.15, -0.1) is 0 Å². The number of rotatable bonds is 6. The number of benzene rings is 6. The second-order valence-electron chi connectivity index (χ2n) is 13.4. The summed E-state index contributed by atoms with van der Waals surface area (Å²) in [5, 5.41) is 1.17. The molecule has 4 nitrogen and oxygen atoms in total. The molecule has 242 valence electrons. The van der Waals surface area contributed by atoms with Gasteiger partial charge in [-0.3, -0.25) is 9.98 Å². The molecule has 0 aliphatic carbocycles. The summed E-state index contributed by atoms with van der Waals surface area (Å²) < 4.78 is 2.30. The molecule has 0 fully saturated rings. The number of allylic oxidation sites excluding steroid dienone is 1. The highest BCUT2D eigenvalue weighted by Crippen LogP contribution is 2.47. The normalized spacial score (nSPS) is 16.1. The average Bonchev–Trinajstić information content (AvgIpc) is 3.72.